The Morgan fingerprint density at radius 3 is 2.83 bits per heavy atom. The van der Waals surface area contributed by atoms with Crippen LogP contribution in [0, 0.1) is 0 Å². The lowest BCUT2D eigenvalue weighted by atomic mass is 10.1. The molecular formula is C18H15NO4S. The van der Waals surface area contributed by atoms with Crippen molar-refractivity contribution in [2.75, 3.05) is 7.11 Å². The third-order valence-electron chi connectivity index (χ3n) is 3.22. The summed E-state index contributed by atoms with van der Waals surface area (Å²) in [6.07, 6.45) is 3.12. The van der Waals surface area contributed by atoms with Crippen molar-refractivity contribution in [3.05, 3.63) is 64.5 Å². The Balaban J connectivity index is 1.56. The van der Waals surface area contributed by atoms with Gasteiger partial charge < -0.3 is 14.0 Å². The highest BCUT2D eigenvalue weighted by Crippen LogP contribution is 2.23. The molecule has 0 saturated heterocycles. The fourth-order valence-corrected chi connectivity index (χ4v) is 2.62. The lowest BCUT2D eigenvalue weighted by Gasteiger charge is -1.99. The minimum absolute atomic E-state index is 0.0628. The minimum atomic E-state index is -0.419. The average molecular weight is 341 g/mol. The van der Waals surface area contributed by atoms with Gasteiger partial charge in [0.25, 0.3) is 0 Å². The predicted molar refractivity (Wildman–Crippen MR) is 91.6 cm³/mol. The van der Waals surface area contributed by atoms with E-state index in [0.717, 1.165) is 16.2 Å². The van der Waals surface area contributed by atoms with Gasteiger partial charge in [0.1, 0.15) is 18.1 Å². The maximum absolute atomic E-state index is 11.7. The maximum Gasteiger partial charge on any atom is 0.331 e. The number of ether oxygens (including phenoxy) is 2. The van der Waals surface area contributed by atoms with E-state index in [1.54, 1.807) is 30.6 Å². The Morgan fingerprint density at radius 2 is 2.12 bits per heavy atom. The second kappa shape index (κ2) is 7.61. The summed E-state index contributed by atoms with van der Waals surface area (Å²) < 4.78 is 15.5. The number of aromatic nitrogens is 1. The SMILES string of the molecule is COc1ccc(-c2cc(COC(=O)/C=C/c3cccs3)no2)cc1. The highest BCUT2D eigenvalue weighted by molar-refractivity contribution is 7.10. The summed E-state index contributed by atoms with van der Waals surface area (Å²) in [5.74, 6) is 0.958. The number of nitrogens with zero attached hydrogens (tertiary/aromatic N) is 1. The van der Waals surface area contributed by atoms with E-state index in [0.29, 0.717) is 11.5 Å². The van der Waals surface area contributed by atoms with Crippen molar-refractivity contribution in [2.45, 2.75) is 6.61 Å². The molecule has 0 amide bonds. The van der Waals surface area contributed by atoms with Gasteiger partial charge in [-0.15, -0.1) is 11.3 Å². The van der Waals surface area contributed by atoms with E-state index in [-0.39, 0.29) is 6.61 Å². The molecule has 0 aliphatic carbocycles. The molecule has 0 bridgehead atoms. The van der Waals surface area contributed by atoms with E-state index in [1.807, 2.05) is 41.8 Å². The van der Waals surface area contributed by atoms with E-state index >= 15 is 0 Å². The van der Waals surface area contributed by atoms with E-state index in [4.69, 9.17) is 14.0 Å². The number of benzene rings is 1. The van der Waals surface area contributed by atoms with Crippen molar-refractivity contribution in [1.82, 2.24) is 5.16 Å². The highest BCUT2D eigenvalue weighted by atomic mass is 32.1. The summed E-state index contributed by atoms with van der Waals surface area (Å²) in [5.41, 5.74) is 1.43. The van der Waals surface area contributed by atoms with Gasteiger partial charge in [-0.3, -0.25) is 0 Å². The van der Waals surface area contributed by atoms with Crippen LogP contribution < -0.4 is 4.74 Å². The molecule has 3 aromatic rings. The molecular weight excluding hydrogens is 326 g/mol. The third-order valence-corrected chi connectivity index (χ3v) is 4.06. The smallest absolute Gasteiger partial charge is 0.331 e. The van der Waals surface area contributed by atoms with E-state index in [2.05, 4.69) is 5.16 Å². The minimum Gasteiger partial charge on any atom is -0.497 e. The van der Waals surface area contributed by atoms with Crippen LogP contribution in [0.1, 0.15) is 10.6 Å². The van der Waals surface area contributed by atoms with Crippen LogP contribution in [0.2, 0.25) is 0 Å². The Hall–Kier alpha value is -2.86. The van der Waals surface area contributed by atoms with Crippen molar-refractivity contribution in [1.29, 1.82) is 0 Å². The quantitative estimate of drug-likeness (QED) is 0.497. The van der Waals surface area contributed by atoms with Crippen molar-refractivity contribution < 1.29 is 18.8 Å². The first kappa shape index (κ1) is 16.0. The third kappa shape index (κ3) is 4.11. The molecule has 6 heteroatoms. The Bertz CT molecular complexity index is 819. The van der Waals surface area contributed by atoms with Gasteiger partial charge in [-0.2, -0.15) is 0 Å². The number of hydrogen-bond acceptors (Lipinski definition) is 6. The topological polar surface area (TPSA) is 61.6 Å². The second-order valence-electron chi connectivity index (χ2n) is 4.87. The van der Waals surface area contributed by atoms with E-state index < -0.39 is 5.97 Å². The fraction of sp³-hybridized carbons (Fsp3) is 0.111. The van der Waals surface area contributed by atoms with Gasteiger partial charge in [0.05, 0.1) is 7.11 Å². The molecule has 0 fully saturated rings. The molecule has 2 heterocycles. The number of carbonyl (C=O) groups is 1. The van der Waals surface area contributed by atoms with Gasteiger partial charge in [-0.1, -0.05) is 11.2 Å². The molecule has 122 valence electrons. The lowest BCUT2D eigenvalue weighted by molar-refractivity contribution is -0.139. The molecule has 0 saturated carbocycles. The number of esters is 1. The number of thiophene rings is 1. The molecule has 0 radical (unpaired) electrons. The molecule has 3 rings (SSSR count). The number of hydrogen-bond donors (Lipinski definition) is 0. The van der Waals surface area contributed by atoms with Gasteiger partial charge in [0.15, 0.2) is 5.76 Å². The molecule has 0 aliphatic rings. The van der Waals surface area contributed by atoms with Crippen molar-refractivity contribution >= 4 is 23.4 Å². The molecule has 0 spiro atoms. The van der Waals surface area contributed by atoms with Crippen LogP contribution in [-0.4, -0.2) is 18.2 Å². The maximum atomic E-state index is 11.7. The zero-order valence-electron chi connectivity index (χ0n) is 13.0. The first-order chi connectivity index (χ1) is 11.7. The van der Waals surface area contributed by atoms with Crippen LogP contribution in [0.15, 0.2) is 58.4 Å². The van der Waals surface area contributed by atoms with Crippen LogP contribution in [0.3, 0.4) is 0 Å². The van der Waals surface area contributed by atoms with Crippen LogP contribution in [0.25, 0.3) is 17.4 Å². The van der Waals surface area contributed by atoms with Crippen LogP contribution in [0.4, 0.5) is 0 Å². The molecule has 2 aromatic heterocycles. The Kier molecular flexibility index (Phi) is 5.08. The molecule has 24 heavy (non-hydrogen) atoms. The zero-order chi connectivity index (χ0) is 16.8. The predicted octanol–water partition coefficient (Wildman–Crippen LogP) is 4.17. The largest absolute Gasteiger partial charge is 0.497 e. The first-order valence-corrected chi connectivity index (χ1v) is 8.11. The van der Waals surface area contributed by atoms with E-state index in [1.165, 1.54) is 6.08 Å². The summed E-state index contributed by atoms with van der Waals surface area (Å²) >= 11 is 1.55. The number of methoxy groups -OCH3 is 1. The summed E-state index contributed by atoms with van der Waals surface area (Å²) in [5, 5.41) is 5.86. The monoisotopic (exact) mass is 341 g/mol. The van der Waals surface area contributed by atoms with Gasteiger partial charge >= 0.3 is 5.97 Å². The molecule has 5 nitrogen and oxygen atoms in total. The molecule has 1 aromatic carbocycles. The van der Waals surface area contributed by atoms with E-state index in [9.17, 15) is 4.79 Å². The van der Waals surface area contributed by atoms with Crippen LogP contribution in [0.5, 0.6) is 5.75 Å². The standard InChI is InChI=1S/C18H15NO4S/c1-21-15-6-4-13(5-7-15)17-11-14(19-23-17)12-22-18(20)9-8-16-3-2-10-24-16/h2-11H,12H2,1H3/b9-8+. The summed E-state index contributed by atoms with van der Waals surface area (Å²) in [6, 6.07) is 13.0. The second-order valence-corrected chi connectivity index (χ2v) is 5.85. The Labute approximate surface area is 143 Å². The summed E-state index contributed by atoms with van der Waals surface area (Å²) in [7, 11) is 1.61. The molecule has 0 aliphatic heterocycles. The van der Waals surface area contributed by atoms with Gasteiger partial charge in [-0.25, -0.2) is 4.79 Å². The zero-order valence-corrected chi connectivity index (χ0v) is 13.8. The normalized spacial score (nSPS) is 10.9. The van der Waals surface area contributed by atoms with Crippen molar-refractivity contribution in [3.63, 3.8) is 0 Å². The number of carbonyl (C=O) groups excluding carboxylic acids is 1. The van der Waals surface area contributed by atoms with Crippen LogP contribution in [-0.2, 0) is 16.1 Å². The molecule has 0 unspecified atom stereocenters. The fourth-order valence-electron chi connectivity index (χ4n) is 2.00. The Morgan fingerprint density at radius 1 is 1.29 bits per heavy atom. The van der Waals surface area contributed by atoms with Crippen molar-refractivity contribution in [3.8, 4) is 17.1 Å². The van der Waals surface area contributed by atoms with Gasteiger partial charge in [0.2, 0.25) is 0 Å². The highest BCUT2D eigenvalue weighted by Gasteiger charge is 2.08. The van der Waals surface area contributed by atoms with Crippen molar-refractivity contribution in [2.24, 2.45) is 0 Å². The molecule has 0 atom stereocenters. The van der Waals surface area contributed by atoms with Crippen LogP contribution >= 0.6 is 11.3 Å². The average Bonchev–Trinajstić information content (AvgIpc) is 3.30. The van der Waals surface area contributed by atoms with Gasteiger partial charge in [0, 0.05) is 22.6 Å². The summed E-state index contributed by atoms with van der Waals surface area (Å²) in [4.78, 5) is 12.7. The van der Waals surface area contributed by atoms with Gasteiger partial charge in [-0.05, 0) is 41.8 Å². The first-order valence-electron chi connectivity index (χ1n) is 7.23. The lowest BCUT2D eigenvalue weighted by Crippen LogP contribution is -2.00. The number of rotatable bonds is 6. The summed E-state index contributed by atoms with van der Waals surface area (Å²) in [6.45, 7) is 0.0628. The molecule has 0 N–H and O–H groups in total.